The summed E-state index contributed by atoms with van der Waals surface area (Å²) in [5.74, 6) is -2.44. The summed E-state index contributed by atoms with van der Waals surface area (Å²) in [6.45, 7) is 3.56. The largest absolute Gasteiger partial charge is 0.474 e. The standard InChI is InChI=1S/C12H11ClF3N5O2/c1-5(2)23-9-7(13)3-6(4-17-9)8(22)18-11-19-10(20-21-11)12(14,15)16/h3-5H,1-2H3,(H2,18,19,20,21,22). The number of aromatic amines is 1. The third-order valence-electron chi connectivity index (χ3n) is 2.40. The summed E-state index contributed by atoms with van der Waals surface area (Å²) in [5.41, 5.74) is 0.0180. The van der Waals surface area contributed by atoms with Crippen LogP contribution in [0.4, 0.5) is 19.1 Å². The summed E-state index contributed by atoms with van der Waals surface area (Å²) in [5, 5.41) is 7.14. The smallest absolute Gasteiger partial charge is 0.451 e. The topological polar surface area (TPSA) is 92.8 Å². The highest BCUT2D eigenvalue weighted by Crippen LogP contribution is 2.26. The molecule has 2 rings (SSSR count). The molecule has 2 heterocycles. The van der Waals surface area contributed by atoms with Crippen LogP contribution in [0.1, 0.15) is 30.0 Å². The number of carbonyl (C=O) groups is 1. The number of anilines is 1. The highest BCUT2D eigenvalue weighted by molar-refractivity contribution is 6.32. The monoisotopic (exact) mass is 349 g/mol. The minimum atomic E-state index is -4.68. The summed E-state index contributed by atoms with van der Waals surface area (Å²) in [7, 11) is 0. The Bertz CT molecular complexity index is 717. The predicted molar refractivity (Wildman–Crippen MR) is 74.3 cm³/mol. The van der Waals surface area contributed by atoms with Crippen molar-refractivity contribution in [3.8, 4) is 5.88 Å². The number of alkyl halides is 3. The van der Waals surface area contributed by atoms with Crippen molar-refractivity contribution >= 4 is 23.5 Å². The molecular formula is C12H11ClF3N5O2. The maximum atomic E-state index is 12.4. The Morgan fingerprint density at radius 3 is 2.65 bits per heavy atom. The van der Waals surface area contributed by atoms with Gasteiger partial charge in [-0.25, -0.2) is 4.98 Å². The summed E-state index contributed by atoms with van der Waals surface area (Å²) in [6.07, 6.45) is -3.67. The number of amides is 1. The third-order valence-corrected chi connectivity index (χ3v) is 2.67. The third kappa shape index (κ3) is 4.31. The lowest BCUT2D eigenvalue weighted by Crippen LogP contribution is -2.14. The van der Waals surface area contributed by atoms with Crippen LogP contribution in [-0.4, -0.2) is 32.2 Å². The van der Waals surface area contributed by atoms with Crippen LogP contribution in [0.5, 0.6) is 5.88 Å². The van der Waals surface area contributed by atoms with E-state index < -0.39 is 23.9 Å². The van der Waals surface area contributed by atoms with Crippen LogP contribution in [0.15, 0.2) is 12.3 Å². The van der Waals surface area contributed by atoms with Crippen molar-refractivity contribution in [1.82, 2.24) is 20.2 Å². The van der Waals surface area contributed by atoms with Gasteiger partial charge in [0, 0.05) is 6.20 Å². The molecule has 0 spiro atoms. The number of ether oxygens (including phenoxy) is 1. The van der Waals surface area contributed by atoms with Crippen LogP contribution in [0.25, 0.3) is 0 Å². The molecule has 23 heavy (non-hydrogen) atoms. The van der Waals surface area contributed by atoms with Gasteiger partial charge in [0.15, 0.2) is 0 Å². The van der Waals surface area contributed by atoms with E-state index in [1.54, 1.807) is 18.9 Å². The van der Waals surface area contributed by atoms with E-state index in [9.17, 15) is 18.0 Å². The zero-order chi connectivity index (χ0) is 17.2. The van der Waals surface area contributed by atoms with Gasteiger partial charge in [0.05, 0.1) is 11.7 Å². The van der Waals surface area contributed by atoms with Crippen LogP contribution in [0.3, 0.4) is 0 Å². The maximum Gasteiger partial charge on any atom is 0.451 e. The van der Waals surface area contributed by atoms with Gasteiger partial charge in [0.2, 0.25) is 17.7 Å². The first-order chi connectivity index (χ1) is 10.7. The molecule has 2 aromatic heterocycles. The quantitative estimate of drug-likeness (QED) is 0.885. The summed E-state index contributed by atoms with van der Waals surface area (Å²) < 4.78 is 42.4. The number of rotatable bonds is 4. The van der Waals surface area contributed by atoms with Crippen LogP contribution in [-0.2, 0) is 6.18 Å². The number of nitrogens with one attached hydrogen (secondary N) is 2. The normalized spacial score (nSPS) is 11.6. The molecule has 0 aromatic carbocycles. The molecular weight excluding hydrogens is 339 g/mol. The molecule has 11 heteroatoms. The Hall–Kier alpha value is -2.36. The van der Waals surface area contributed by atoms with Gasteiger partial charge in [-0.15, -0.1) is 5.10 Å². The first-order valence-corrected chi connectivity index (χ1v) is 6.67. The fourth-order valence-corrected chi connectivity index (χ4v) is 1.69. The molecule has 0 radical (unpaired) electrons. The van der Waals surface area contributed by atoms with Gasteiger partial charge in [0.1, 0.15) is 5.02 Å². The number of carbonyl (C=O) groups excluding carboxylic acids is 1. The minimum Gasteiger partial charge on any atom is -0.474 e. The van der Waals surface area contributed by atoms with Crippen LogP contribution >= 0.6 is 11.6 Å². The lowest BCUT2D eigenvalue weighted by Gasteiger charge is -2.10. The van der Waals surface area contributed by atoms with Crippen molar-refractivity contribution in [2.45, 2.75) is 26.1 Å². The molecule has 1 amide bonds. The van der Waals surface area contributed by atoms with E-state index in [1.807, 2.05) is 0 Å². The van der Waals surface area contributed by atoms with Crippen molar-refractivity contribution in [3.05, 3.63) is 28.7 Å². The van der Waals surface area contributed by atoms with E-state index in [2.05, 4.69) is 20.4 Å². The van der Waals surface area contributed by atoms with E-state index in [0.29, 0.717) is 0 Å². The van der Waals surface area contributed by atoms with Gasteiger partial charge < -0.3 is 4.74 Å². The van der Waals surface area contributed by atoms with E-state index in [0.717, 1.165) is 0 Å². The molecule has 2 aromatic rings. The van der Waals surface area contributed by atoms with Gasteiger partial charge in [-0.1, -0.05) is 11.6 Å². The molecule has 0 unspecified atom stereocenters. The van der Waals surface area contributed by atoms with Crippen LogP contribution in [0.2, 0.25) is 5.02 Å². The first kappa shape index (κ1) is 17.0. The van der Waals surface area contributed by atoms with Crippen LogP contribution < -0.4 is 10.1 Å². The number of hydrogen-bond donors (Lipinski definition) is 2. The number of hydrogen-bond acceptors (Lipinski definition) is 5. The molecule has 7 nitrogen and oxygen atoms in total. The number of halogens is 4. The van der Waals surface area contributed by atoms with Crippen molar-refractivity contribution in [2.24, 2.45) is 0 Å². The lowest BCUT2D eigenvalue weighted by atomic mass is 10.2. The molecule has 0 bridgehead atoms. The molecule has 0 aliphatic heterocycles. The average Bonchev–Trinajstić information content (AvgIpc) is 2.89. The van der Waals surface area contributed by atoms with Crippen LogP contribution in [0, 0.1) is 0 Å². The van der Waals surface area contributed by atoms with Crippen molar-refractivity contribution < 1.29 is 22.7 Å². The molecule has 0 aliphatic rings. The van der Waals surface area contributed by atoms with E-state index >= 15 is 0 Å². The molecule has 0 saturated heterocycles. The van der Waals surface area contributed by atoms with Gasteiger partial charge in [-0.3, -0.25) is 15.2 Å². The zero-order valence-electron chi connectivity index (χ0n) is 11.9. The van der Waals surface area contributed by atoms with E-state index in [4.69, 9.17) is 16.3 Å². The number of nitrogens with zero attached hydrogens (tertiary/aromatic N) is 3. The molecule has 0 atom stereocenters. The van der Waals surface area contributed by atoms with Gasteiger partial charge in [-0.2, -0.15) is 18.2 Å². The number of pyridine rings is 1. The molecule has 0 fully saturated rings. The second-order valence-electron chi connectivity index (χ2n) is 4.64. The maximum absolute atomic E-state index is 12.4. The highest BCUT2D eigenvalue weighted by Gasteiger charge is 2.35. The molecule has 0 aliphatic carbocycles. The number of H-pyrrole nitrogens is 1. The first-order valence-electron chi connectivity index (χ1n) is 6.30. The summed E-state index contributed by atoms with van der Waals surface area (Å²) >= 11 is 5.93. The molecule has 0 saturated carbocycles. The van der Waals surface area contributed by atoms with Crippen molar-refractivity contribution in [2.75, 3.05) is 5.32 Å². The Morgan fingerprint density at radius 1 is 1.43 bits per heavy atom. The second-order valence-corrected chi connectivity index (χ2v) is 5.04. The van der Waals surface area contributed by atoms with Gasteiger partial charge in [0.25, 0.3) is 5.91 Å². The summed E-state index contributed by atoms with van der Waals surface area (Å²) in [6, 6.07) is 1.28. The van der Waals surface area contributed by atoms with Gasteiger partial charge in [-0.05, 0) is 19.9 Å². The average molecular weight is 350 g/mol. The predicted octanol–water partition coefficient (Wildman–Crippen LogP) is 2.91. The number of aromatic nitrogens is 4. The fourth-order valence-electron chi connectivity index (χ4n) is 1.48. The van der Waals surface area contributed by atoms with E-state index in [-0.39, 0.29) is 22.6 Å². The van der Waals surface area contributed by atoms with E-state index in [1.165, 1.54) is 12.3 Å². The molecule has 124 valence electrons. The SMILES string of the molecule is CC(C)Oc1ncc(C(=O)Nc2n[nH]c(C(F)(F)F)n2)cc1Cl. The summed E-state index contributed by atoms with van der Waals surface area (Å²) in [4.78, 5) is 18.9. The zero-order valence-corrected chi connectivity index (χ0v) is 12.7. The lowest BCUT2D eigenvalue weighted by molar-refractivity contribution is -0.144. The second kappa shape index (κ2) is 6.41. The molecule has 2 N–H and O–H groups in total. The fraction of sp³-hybridized carbons (Fsp3) is 0.333. The Balaban J connectivity index is 2.12. The van der Waals surface area contributed by atoms with Crippen molar-refractivity contribution in [1.29, 1.82) is 0 Å². The highest BCUT2D eigenvalue weighted by atomic mass is 35.5. The Kier molecular flexibility index (Phi) is 4.73. The van der Waals surface area contributed by atoms with Gasteiger partial charge >= 0.3 is 6.18 Å². The van der Waals surface area contributed by atoms with Crippen molar-refractivity contribution in [3.63, 3.8) is 0 Å². The Morgan fingerprint density at radius 2 is 2.13 bits per heavy atom. The Labute approximate surface area is 133 Å². The minimum absolute atomic E-state index is 0.0180.